The van der Waals surface area contributed by atoms with Crippen molar-refractivity contribution in [3.63, 3.8) is 0 Å². The fraction of sp³-hybridized carbons (Fsp3) is 0.105. The van der Waals surface area contributed by atoms with E-state index in [9.17, 15) is 13.6 Å². The first-order valence-corrected chi connectivity index (χ1v) is 9.14. The van der Waals surface area contributed by atoms with Gasteiger partial charge in [0.1, 0.15) is 17.1 Å². The van der Waals surface area contributed by atoms with Gasteiger partial charge < -0.3 is 9.14 Å². The number of aromatic nitrogens is 3. The van der Waals surface area contributed by atoms with Crippen LogP contribution in [0.25, 0.3) is 16.9 Å². The standard InChI is InChI=1S/C19H14F2N4O2S/c1-11-6-7-25-9-13(22-16(25)8-11)17(26)24-19-23-14(10-28-19)12-4-2-3-5-15(12)27-18(20)21/h2-10,18H,1H3,(H,23,24,26). The van der Waals surface area contributed by atoms with Crippen molar-refractivity contribution in [3.8, 4) is 17.0 Å². The van der Waals surface area contributed by atoms with Gasteiger partial charge in [-0.25, -0.2) is 9.97 Å². The molecular formula is C19H14F2N4O2S. The molecule has 3 heterocycles. The zero-order valence-electron chi connectivity index (χ0n) is 14.6. The van der Waals surface area contributed by atoms with Crippen LogP contribution in [0.1, 0.15) is 16.1 Å². The lowest BCUT2D eigenvalue weighted by molar-refractivity contribution is -0.0494. The van der Waals surface area contributed by atoms with Crippen molar-refractivity contribution in [2.45, 2.75) is 13.5 Å². The number of hydrogen-bond acceptors (Lipinski definition) is 5. The van der Waals surface area contributed by atoms with E-state index in [0.29, 0.717) is 22.0 Å². The van der Waals surface area contributed by atoms with Gasteiger partial charge in [0.25, 0.3) is 5.91 Å². The molecule has 1 aromatic carbocycles. The van der Waals surface area contributed by atoms with Gasteiger partial charge in [0.05, 0.1) is 5.69 Å². The van der Waals surface area contributed by atoms with Crippen LogP contribution in [-0.4, -0.2) is 26.9 Å². The maximum atomic E-state index is 12.6. The van der Waals surface area contributed by atoms with Crippen molar-refractivity contribution in [2.75, 3.05) is 5.32 Å². The Morgan fingerprint density at radius 1 is 1.25 bits per heavy atom. The molecule has 0 bridgehead atoms. The third kappa shape index (κ3) is 3.70. The maximum Gasteiger partial charge on any atom is 0.387 e. The fourth-order valence-corrected chi connectivity index (χ4v) is 3.39. The Hall–Kier alpha value is -3.33. The first kappa shape index (κ1) is 18.1. The van der Waals surface area contributed by atoms with Gasteiger partial charge in [0.2, 0.25) is 0 Å². The zero-order chi connectivity index (χ0) is 19.7. The van der Waals surface area contributed by atoms with Gasteiger partial charge in [-0.15, -0.1) is 11.3 Å². The molecule has 0 fully saturated rings. The summed E-state index contributed by atoms with van der Waals surface area (Å²) in [7, 11) is 0. The number of ether oxygens (including phenoxy) is 1. The van der Waals surface area contributed by atoms with E-state index in [2.05, 4.69) is 20.0 Å². The van der Waals surface area contributed by atoms with Crippen LogP contribution in [-0.2, 0) is 0 Å². The minimum Gasteiger partial charge on any atom is -0.434 e. The van der Waals surface area contributed by atoms with E-state index in [0.717, 1.165) is 5.56 Å². The number of anilines is 1. The summed E-state index contributed by atoms with van der Waals surface area (Å²) in [5.74, 6) is -0.379. The second-order valence-corrected chi connectivity index (χ2v) is 6.82. The van der Waals surface area contributed by atoms with Gasteiger partial charge in [0, 0.05) is 23.3 Å². The highest BCUT2D eigenvalue weighted by molar-refractivity contribution is 7.14. The van der Waals surface area contributed by atoms with E-state index in [1.807, 2.05) is 25.3 Å². The lowest BCUT2D eigenvalue weighted by Crippen LogP contribution is -2.12. The molecule has 142 valence electrons. The number of pyridine rings is 1. The molecule has 0 unspecified atom stereocenters. The Morgan fingerprint density at radius 3 is 2.89 bits per heavy atom. The number of nitrogens with zero attached hydrogens (tertiary/aromatic N) is 3. The Morgan fingerprint density at radius 2 is 2.07 bits per heavy atom. The Bertz CT molecular complexity index is 1160. The molecule has 0 saturated heterocycles. The molecule has 0 atom stereocenters. The highest BCUT2D eigenvalue weighted by atomic mass is 32.1. The van der Waals surface area contributed by atoms with Crippen LogP contribution in [0.2, 0.25) is 0 Å². The highest BCUT2D eigenvalue weighted by Gasteiger charge is 2.16. The number of carbonyl (C=O) groups excluding carboxylic acids is 1. The van der Waals surface area contributed by atoms with E-state index in [1.165, 1.54) is 17.4 Å². The summed E-state index contributed by atoms with van der Waals surface area (Å²) in [6, 6.07) is 10.2. The summed E-state index contributed by atoms with van der Waals surface area (Å²) in [6.45, 7) is -0.987. The largest absolute Gasteiger partial charge is 0.434 e. The number of thiazole rings is 1. The minimum absolute atomic E-state index is 0.0244. The molecule has 0 radical (unpaired) electrons. The topological polar surface area (TPSA) is 68.5 Å². The second-order valence-electron chi connectivity index (χ2n) is 5.96. The van der Waals surface area contributed by atoms with Crippen LogP contribution in [0.4, 0.5) is 13.9 Å². The van der Waals surface area contributed by atoms with Crippen molar-refractivity contribution >= 4 is 28.0 Å². The third-order valence-corrected chi connectivity index (χ3v) is 4.71. The number of fused-ring (bicyclic) bond motifs is 1. The Labute approximate surface area is 162 Å². The van der Waals surface area contributed by atoms with Crippen molar-refractivity contribution < 1.29 is 18.3 Å². The second kappa shape index (κ2) is 7.35. The molecule has 0 aliphatic heterocycles. The van der Waals surface area contributed by atoms with Crippen LogP contribution in [0, 0.1) is 6.92 Å². The number of para-hydroxylation sites is 1. The smallest absolute Gasteiger partial charge is 0.387 e. The molecule has 0 saturated carbocycles. The van der Waals surface area contributed by atoms with Gasteiger partial charge in [-0.2, -0.15) is 8.78 Å². The Kier molecular flexibility index (Phi) is 4.74. The summed E-state index contributed by atoms with van der Waals surface area (Å²) in [5, 5.41) is 4.68. The van der Waals surface area contributed by atoms with Crippen molar-refractivity contribution in [3.05, 3.63) is 65.4 Å². The average molecular weight is 400 g/mol. The molecule has 6 nitrogen and oxygen atoms in total. The van der Waals surface area contributed by atoms with Gasteiger partial charge in [-0.05, 0) is 36.8 Å². The summed E-state index contributed by atoms with van der Waals surface area (Å²) >= 11 is 1.18. The SMILES string of the molecule is Cc1ccn2cc(C(=O)Nc3nc(-c4ccccc4OC(F)F)cs3)nc2c1. The van der Waals surface area contributed by atoms with E-state index in [-0.39, 0.29) is 11.4 Å². The first-order valence-electron chi connectivity index (χ1n) is 8.26. The lowest BCUT2D eigenvalue weighted by atomic mass is 10.1. The van der Waals surface area contributed by atoms with E-state index < -0.39 is 12.5 Å². The molecule has 0 aliphatic carbocycles. The summed E-state index contributed by atoms with van der Waals surface area (Å²) in [4.78, 5) is 21.1. The molecule has 4 rings (SSSR count). The van der Waals surface area contributed by atoms with Gasteiger partial charge in [0.15, 0.2) is 5.13 Å². The van der Waals surface area contributed by atoms with E-state index in [1.54, 1.807) is 34.2 Å². The number of carbonyl (C=O) groups is 1. The quantitative estimate of drug-likeness (QED) is 0.531. The summed E-state index contributed by atoms with van der Waals surface area (Å²) < 4.78 is 31.5. The molecule has 9 heteroatoms. The van der Waals surface area contributed by atoms with Crippen LogP contribution in [0.5, 0.6) is 5.75 Å². The molecule has 1 N–H and O–H groups in total. The Balaban J connectivity index is 1.55. The molecule has 1 amide bonds. The van der Waals surface area contributed by atoms with Crippen LogP contribution < -0.4 is 10.1 Å². The number of amides is 1. The maximum absolute atomic E-state index is 12.6. The number of alkyl halides is 2. The van der Waals surface area contributed by atoms with Crippen molar-refractivity contribution in [2.24, 2.45) is 0 Å². The van der Waals surface area contributed by atoms with Crippen LogP contribution in [0.3, 0.4) is 0 Å². The van der Waals surface area contributed by atoms with Crippen molar-refractivity contribution in [1.29, 1.82) is 0 Å². The summed E-state index contributed by atoms with van der Waals surface area (Å²) in [5.41, 5.74) is 2.82. The minimum atomic E-state index is -2.93. The molecular weight excluding hydrogens is 386 g/mol. The van der Waals surface area contributed by atoms with Crippen LogP contribution >= 0.6 is 11.3 Å². The zero-order valence-corrected chi connectivity index (χ0v) is 15.4. The molecule has 0 spiro atoms. The monoisotopic (exact) mass is 400 g/mol. The molecule has 3 aromatic heterocycles. The number of aryl methyl sites for hydroxylation is 1. The predicted octanol–water partition coefficient (Wildman–Crippen LogP) is 4.62. The highest BCUT2D eigenvalue weighted by Crippen LogP contribution is 2.33. The number of imidazole rings is 1. The number of rotatable bonds is 5. The number of halogens is 2. The van der Waals surface area contributed by atoms with E-state index in [4.69, 9.17) is 0 Å². The number of hydrogen-bond donors (Lipinski definition) is 1. The molecule has 4 aromatic rings. The summed E-state index contributed by atoms with van der Waals surface area (Å²) in [6.07, 6.45) is 3.46. The molecule has 0 aliphatic rings. The molecule has 28 heavy (non-hydrogen) atoms. The fourth-order valence-electron chi connectivity index (χ4n) is 2.69. The third-order valence-electron chi connectivity index (χ3n) is 3.95. The number of nitrogens with one attached hydrogen (secondary N) is 1. The van der Waals surface area contributed by atoms with Gasteiger partial charge in [-0.1, -0.05) is 12.1 Å². The van der Waals surface area contributed by atoms with Gasteiger partial charge >= 0.3 is 6.61 Å². The van der Waals surface area contributed by atoms with Gasteiger partial charge in [-0.3, -0.25) is 10.1 Å². The first-order chi connectivity index (χ1) is 13.5. The average Bonchev–Trinajstić information content (AvgIpc) is 3.28. The predicted molar refractivity (Wildman–Crippen MR) is 102 cm³/mol. The number of benzene rings is 1. The normalized spacial score (nSPS) is 11.1. The lowest BCUT2D eigenvalue weighted by Gasteiger charge is -2.08. The van der Waals surface area contributed by atoms with Crippen molar-refractivity contribution in [1.82, 2.24) is 14.4 Å². The van der Waals surface area contributed by atoms with E-state index >= 15 is 0 Å². The van der Waals surface area contributed by atoms with Crippen LogP contribution in [0.15, 0.2) is 54.2 Å².